The highest BCUT2D eigenvalue weighted by Gasteiger charge is 2.34. The Bertz CT molecular complexity index is 710. The van der Waals surface area contributed by atoms with Gasteiger partial charge in [0, 0.05) is 6.92 Å². The second-order valence-corrected chi connectivity index (χ2v) is 7.13. The van der Waals surface area contributed by atoms with Crippen molar-refractivity contribution < 1.29 is 14.3 Å². The van der Waals surface area contributed by atoms with Gasteiger partial charge in [-0.3, -0.25) is 9.59 Å². The molecular weight excluding hydrogens is 320 g/mol. The second kappa shape index (κ2) is 8.50. The molecule has 0 radical (unpaired) electrons. The molecule has 3 nitrogen and oxygen atoms in total. The number of hydrogen-bond donors (Lipinski definition) is 0. The van der Waals surface area contributed by atoms with E-state index in [-0.39, 0.29) is 11.7 Å². The Hall–Kier alpha value is -2.33. The minimum absolute atomic E-state index is 0.133. The number of ether oxygens (including phenoxy) is 1. The fourth-order valence-corrected chi connectivity index (χ4v) is 3.00. The lowest BCUT2D eigenvalue weighted by Gasteiger charge is -2.22. The molecule has 0 fully saturated rings. The largest absolute Gasteiger partial charge is 0.460 e. The van der Waals surface area contributed by atoms with Crippen molar-refractivity contribution in [2.75, 3.05) is 0 Å². The van der Waals surface area contributed by atoms with Gasteiger partial charge in [-0.25, -0.2) is 0 Å². The van der Waals surface area contributed by atoms with Gasteiger partial charge < -0.3 is 4.74 Å². The van der Waals surface area contributed by atoms with Crippen LogP contribution in [0.15, 0.2) is 66.7 Å². The Morgan fingerprint density at radius 2 is 1.62 bits per heavy atom. The van der Waals surface area contributed by atoms with Crippen molar-refractivity contribution in [2.24, 2.45) is 0 Å². The first-order valence-electron chi connectivity index (χ1n) is 7.64. The van der Waals surface area contributed by atoms with E-state index in [1.54, 1.807) is 13.0 Å². The average molecular weight is 340 g/mol. The highest BCUT2D eigenvalue weighted by Crippen LogP contribution is 2.30. The molecule has 0 saturated heterocycles. The van der Waals surface area contributed by atoms with Gasteiger partial charge in [0.25, 0.3) is 0 Å². The molecule has 0 N–H and O–H groups in total. The first kappa shape index (κ1) is 18.0. The molecule has 0 saturated carbocycles. The predicted octanol–water partition coefficient (Wildman–Crippen LogP) is 4.48. The zero-order chi connectivity index (χ0) is 17.4. The van der Waals surface area contributed by atoms with E-state index in [4.69, 9.17) is 4.74 Å². The molecule has 0 bridgehead atoms. The fourth-order valence-electron chi connectivity index (χ4n) is 2.13. The summed E-state index contributed by atoms with van der Waals surface area (Å²) in [7, 11) is 0. The number of esters is 1. The molecule has 2 aromatic rings. The summed E-state index contributed by atoms with van der Waals surface area (Å²) >= 11 is 0.964. The van der Waals surface area contributed by atoms with E-state index in [0.717, 1.165) is 22.9 Å². The van der Waals surface area contributed by atoms with Gasteiger partial charge in [0.05, 0.1) is 0 Å². The zero-order valence-electron chi connectivity index (χ0n) is 13.8. The average Bonchev–Trinajstić information content (AvgIpc) is 2.59. The molecular formula is C20H20O3S. The normalized spacial score (nSPS) is 13.4. The standard InChI is InChI=1S/C20H20O3S/c1-16(21)24-20(2,14-13-17-9-5-3-6-10-17)19(22)23-15-18-11-7-4-8-12-18/h3-14H,15H2,1-2H3/t20-/m1/s1. The molecule has 0 aliphatic rings. The fraction of sp³-hybridized carbons (Fsp3) is 0.200. The van der Waals surface area contributed by atoms with Crippen molar-refractivity contribution in [2.45, 2.75) is 25.2 Å². The second-order valence-electron chi connectivity index (χ2n) is 5.51. The van der Waals surface area contributed by atoms with E-state index < -0.39 is 10.7 Å². The smallest absolute Gasteiger partial charge is 0.326 e. The maximum atomic E-state index is 12.5. The first-order valence-corrected chi connectivity index (χ1v) is 8.46. The molecule has 0 heterocycles. The SMILES string of the molecule is CC(=O)S[C@](C)(C=Cc1ccccc1)C(=O)OCc1ccccc1. The molecule has 0 aliphatic carbocycles. The van der Waals surface area contributed by atoms with Crippen LogP contribution in [0, 0.1) is 0 Å². The Morgan fingerprint density at radius 3 is 2.21 bits per heavy atom. The Kier molecular flexibility index (Phi) is 6.38. The van der Waals surface area contributed by atoms with Crippen LogP contribution in [0.2, 0.25) is 0 Å². The van der Waals surface area contributed by atoms with Crippen LogP contribution in [0.1, 0.15) is 25.0 Å². The van der Waals surface area contributed by atoms with Gasteiger partial charge in [0.1, 0.15) is 11.4 Å². The highest BCUT2D eigenvalue weighted by molar-refractivity contribution is 8.15. The maximum Gasteiger partial charge on any atom is 0.326 e. The van der Waals surface area contributed by atoms with Crippen molar-refractivity contribution in [1.29, 1.82) is 0 Å². The molecule has 0 aliphatic heterocycles. The van der Waals surface area contributed by atoms with E-state index >= 15 is 0 Å². The summed E-state index contributed by atoms with van der Waals surface area (Å²) in [6, 6.07) is 19.1. The van der Waals surface area contributed by atoms with Crippen molar-refractivity contribution in [3.05, 3.63) is 77.9 Å². The summed E-state index contributed by atoms with van der Waals surface area (Å²) in [5.41, 5.74) is 1.87. The van der Waals surface area contributed by atoms with Gasteiger partial charge >= 0.3 is 5.97 Å². The van der Waals surface area contributed by atoms with Crippen molar-refractivity contribution in [3.8, 4) is 0 Å². The maximum absolute atomic E-state index is 12.5. The van der Waals surface area contributed by atoms with Crippen LogP contribution in [0.5, 0.6) is 0 Å². The summed E-state index contributed by atoms with van der Waals surface area (Å²) in [6.07, 6.45) is 3.56. The van der Waals surface area contributed by atoms with E-state index in [2.05, 4.69) is 0 Å². The number of thioether (sulfide) groups is 1. The highest BCUT2D eigenvalue weighted by atomic mass is 32.2. The van der Waals surface area contributed by atoms with Crippen LogP contribution < -0.4 is 0 Å². The van der Waals surface area contributed by atoms with Gasteiger partial charge in [-0.1, -0.05) is 84.6 Å². The third-order valence-corrected chi connectivity index (χ3v) is 4.38. The first-order chi connectivity index (χ1) is 11.5. The summed E-state index contributed by atoms with van der Waals surface area (Å²) in [5, 5.41) is -0.133. The molecule has 0 unspecified atom stereocenters. The molecule has 0 amide bonds. The minimum Gasteiger partial charge on any atom is -0.460 e. The number of carbonyl (C=O) groups excluding carboxylic acids is 2. The van der Waals surface area contributed by atoms with Crippen LogP contribution >= 0.6 is 11.8 Å². The van der Waals surface area contributed by atoms with Crippen LogP contribution in [0.25, 0.3) is 6.08 Å². The summed E-state index contributed by atoms with van der Waals surface area (Å²) < 4.78 is 4.36. The van der Waals surface area contributed by atoms with Crippen LogP contribution in [-0.4, -0.2) is 15.8 Å². The molecule has 2 rings (SSSR count). The monoisotopic (exact) mass is 340 g/mol. The van der Waals surface area contributed by atoms with E-state index in [1.807, 2.05) is 66.7 Å². The van der Waals surface area contributed by atoms with Crippen molar-refractivity contribution in [3.63, 3.8) is 0 Å². The quantitative estimate of drug-likeness (QED) is 0.727. The van der Waals surface area contributed by atoms with Crippen LogP contribution in [0.4, 0.5) is 0 Å². The van der Waals surface area contributed by atoms with Gasteiger partial charge in [-0.15, -0.1) is 0 Å². The van der Waals surface area contributed by atoms with Gasteiger partial charge in [-0.05, 0) is 18.1 Å². The number of carbonyl (C=O) groups is 2. The molecule has 124 valence electrons. The molecule has 0 aromatic heterocycles. The van der Waals surface area contributed by atoms with Gasteiger partial charge in [-0.2, -0.15) is 0 Å². The minimum atomic E-state index is -1.06. The Balaban J connectivity index is 2.12. The Morgan fingerprint density at radius 1 is 1.04 bits per heavy atom. The third kappa shape index (κ3) is 5.39. The molecule has 1 atom stereocenters. The number of rotatable bonds is 6. The van der Waals surface area contributed by atoms with Crippen LogP contribution in [0.3, 0.4) is 0 Å². The topological polar surface area (TPSA) is 43.4 Å². The number of benzene rings is 2. The molecule has 4 heteroatoms. The van der Waals surface area contributed by atoms with Crippen molar-refractivity contribution >= 4 is 28.9 Å². The van der Waals surface area contributed by atoms with Gasteiger partial charge in [0.15, 0.2) is 5.12 Å². The van der Waals surface area contributed by atoms with E-state index in [9.17, 15) is 9.59 Å². The Labute approximate surface area is 146 Å². The molecule has 2 aromatic carbocycles. The van der Waals surface area contributed by atoms with E-state index in [0.29, 0.717) is 0 Å². The predicted molar refractivity (Wildman–Crippen MR) is 98.4 cm³/mol. The summed E-state index contributed by atoms with van der Waals surface area (Å²) in [6.45, 7) is 3.34. The molecule has 24 heavy (non-hydrogen) atoms. The lowest BCUT2D eigenvalue weighted by molar-refractivity contribution is -0.146. The van der Waals surface area contributed by atoms with E-state index in [1.165, 1.54) is 6.92 Å². The lowest BCUT2D eigenvalue weighted by atomic mass is 10.1. The van der Waals surface area contributed by atoms with Gasteiger partial charge in [0.2, 0.25) is 0 Å². The van der Waals surface area contributed by atoms with Crippen LogP contribution in [-0.2, 0) is 20.9 Å². The summed E-state index contributed by atoms with van der Waals surface area (Å²) in [4.78, 5) is 24.1. The third-order valence-electron chi connectivity index (χ3n) is 3.37. The lowest BCUT2D eigenvalue weighted by Crippen LogP contribution is -2.32. The van der Waals surface area contributed by atoms with Crippen molar-refractivity contribution in [1.82, 2.24) is 0 Å². The zero-order valence-corrected chi connectivity index (χ0v) is 14.6. The number of hydrogen-bond acceptors (Lipinski definition) is 4. The summed E-state index contributed by atoms with van der Waals surface area (Å²) in [5.74, 6) is -0.432. The molecule has 0 spiro atoms.